The van der Waals surface area contributed by atoms with Crippen LogP contribution in [0, 0.1) is 18.7 Å². The molecule has 2 aromatic carbocycles. The first-order chi connectivity index (χ1) is 15.5. The van der Waals surface area contributed by atoms with Gasteiger partial charge in [-0.25, -0.2) is 9.37 Å². The summed E-state index contributed by atoms with van der Waals surface area (Å²) in [4.78, 5) is 19.7. The summed E-state index contributed by atoms with van der Waals surface area (Å²) >= 11 is 0. The van der Waals surface area contributed by atoms with Crippen LogP contribution in [-0.2, 0) is 11.2 Å². The number of carbonyl (C=O) groups excluding carboxylic acids is 1. The number of amides is 1. The molecular weight excluding hydrogens is 405 g/mol. The molecule has 32 heavy (non-hydrogen) atoms. The predicted octanol–water partition coefficient (Wildman–Crippen LogP) is 5.26. The van der Waals surface area contributed by atoms with Crippen LogP contribution in [0.25, 0.3) is 5.69 Å². The van der Waals surface area contributed by atoms with Gasteiger partial charge in [-0.15, -0.1) is 0 Å². The van der Waals surface area contributed by atoms with Gasteiger partial charge >= 0.3 is 0 Å². The molecule has 4 rings (SSSR count). The van der Waals surface area contributed by atoms with Gasteiger partial charge < -0.3 is 14.2 Å². The van der Waals surface area contributed by atoms with Crippen LogP contribution in [0.5, 0.6) is 5.75 Å². The highest BCUT2D eigenvalue weighted by Gasteiger charge is 2.33. The van der Waals surface area contributed by atoms with E-state index < -0.39 is 0 Å². The lowest BCUT2D eigenvalue weighted by molar-refractivity contribution is -0.141. The molecule has 0 radical (unpaired) electrons. The molecule has 168 valence electrons. The third-order valence-corrected chi connectivity index (χ3v) is 6.32. The van der Waals surface area contributed by atoms with Crippen LogP contribution in [0.15, 0.2) is 55.0 Å². The number of carbonyl (C=O) groups is 1. The maximum Gasteiger partial charge on any atom is 0.226 e. The lowest BCUT2D eigenvalue weighted by Crippen LogP contribution is -2.44. The highest BCUT2D eigenvalue weighted by Crippen LogP contribution is 2.33. The van der Waals surface area contributed by atoms with Crippen molar-refractivity contribution in [2.24, 2.45) is 5.92 Å². The van der Waals surface area contributed by atoms with Gasteiger partial charge in [0.2, 0.25) is 5.91 Å². The maximum atomic E-state index is 13.4. The Bertz CT molecular complexity index is 1080. The first-order valence-electron chi connectivity index (χ1n) is 11.2. The van der Waals surface area contributed by atoms with Crippen molar-refractivity contribution in [2.45, 2.75) is 45.6 Å². The third kappa shape index (κ3) is 4.54. The molecule has 0 spiro atoms. The number of halogens is 1. The minimum absolute atomic E-state index is 0.0210. The van der Waals surface area contributed by atoms with E-state index in [-0.39, 0.29) is 23.7 Å². The number of hydrogen-bond acceptors (Lipinski definition) is 3. The smallest absolute Gasteiger partial charge is 0.226 e. The van der Waals surface area contributed by atoms with Crippen LogP contribution in [-0.4, -0.2) is 34.0 Å². The summed E-state index contributed by atoms with van der Waals surface area (Å²) in [6.07, 6.45) is 7.06. The number of hydrogen-bond donors (Lipinski definition) is 0. The molecule has 0 saturated carbocycles. The Hall–Kier alpha value is -3.15. The highest BCUT2D eigenvalue weighted by atomic mass is 19.1. The number of imidazole rings is 1. The lowest BCUT2D eigenvalue weighted by Gasteiger charge is -2.38. The van der Waals surface area contributed by atoms with Crippen LogP contribution in [0.2, 0.25) is 0 Å². The summed E-state index contributed by atoms with van der Waals surface area (Å²) in [6, 6.07) is 12.6. The first-order valence-corrected chi connectivity index (χ1v) is 11.2. The molecule has 1 amide bonds. The number of benzene rings is 2. The van der Waals surface area contributed by atoms with Crippen LogP contribution in [0.1, 0.15) is 49.0 Å². The zero-order valence-electron chi connectivity index (χ0n) is 18.9. The van der Waals surface area contributed by atoms with Gasteiger partial charge in [0.05, 0.1) is 30.9 Å². The van der Waals surface area contributed by atoms with Crippen molar-refractivity contribution in [3.05, 3.63) is 77.6 Å². The molecule has 1 aliphatic rings. The summed E-state index contributed by atoms with van der Waals surface area (Å²) in [5.74, 6) is 0.623. The minimum Gasteiger partial charge on any atom is -0.495 e. The van der Waals surface area contributed by atoms with Crippen LogP contribution in [0.3, 0.4) is 0 Å². The number of likely N-dealkylation sites (tertiary alicyclic amines) is 1. The van der Waals surface area contributed by atoms with Gasteiger partial charge in [0, 0.05) is 18.7 Å². The van der Waals surface area contributed by atoms with Gasteiger partial charge in [0.1, 0.15) is 11.6 Å². The van der Waals surface area contributed by atoms with E-state index >= 15 is 0 Å². The molecule has 1 aromatic heterocycles. The minimum atomic E-state index is -0.255. The fourth-order valence-electron chi connectivity index (χ4n) is 4.70. The Morgan fingerprint density at radius 2 is 2.00 bits per heavy atom. The van der Waals surface area contributed by atoms with Crippen LogP contribution in [0.4, 0.5) is 4.39 Å². The van der Waals surface area contributed by atoms with E-state index in [1.807, 2.05) is 34.7 Å². The zero-order valence-corrected chi connectivity index (χ0v) is 18.9. The van der Waals surface area contributed by atoms with Crippen molar-refractivity contribution < 1.29 is 13.9 Å². The zero-order chi connectivity index (χ0) is 22.7. The Labute approximate surface area is 188 Å². The van der Waals surface area contributed by atoms with E-state index in [0.29, 0.717) is 6.42 Å². The Morgan fingerprint density at radius 3 is 2.66 bits per heavy atom. The lowest BCUT2D eigenvalue weighted by atomic mass is 9.88. The summed E-state index contributed by atoms with van der Waals surface area (Å²) in [5, 5.41) is 0. The molecule has 6 heteroatoms. The van der Waals surface area contributed by atoms with Crippen molar-refractivity contribution in [2.75, 3.05) is 13.7 Å². The van der Waals surface area contributed by atoms with Gasteiger partial charge in [-0.1, -0.05) is 25.1 Å². The number of rotatable bonds is 7. The van der Waals surface area contributed by atoms with Crippen molar-refractivity contribution in [3.8, 4) is 11.4 Å². The maximum absolute atomic E-state index is 13.4. The standard InChI is InChI=1S/C26H30FN3O2/c1-4-23(20-8-10-22(27)11-9-20)30-13-5-6-21(26(30)31)14-19-7-12-24(25(15-19)32-3)29-16-18(2)28-17-29/h7-12,15-17,21,23H,4-6,13-14H2,1-3H3. The monoisotopic (exact) mass is 435 g/mol. The molecule has 0 aliphatic carbocycles. The van der Waals surface area contributed by atoms with Gasteiger partial charge in [-0.05, 0) is 68.0 Å². The van der Waals surface area contributed by atoms with Crippen LogP contribution >= 0.6 is 0 Å². The Balaban J connectivity index is 1.52. The van der Waals surface area contributed by atoms with E-state index in [0.717, 1.165) is 54.1 Å². The van der Waals surface area contributed by atoms with Crippen molar-refractivity contribution in [3.63, 3.8) is 0 Å². The topological polar surface area (TPSA) is 47.4 Å². The largest absolute Gasteiger partial charge is 0.495 e. The number of aromatic nitrogens is 2. The summed E-state index contributed by atoms with van der Waals surface area (Å²) < 4.78 is 21.0. The second-order valence-corrected chi connectivity index (χ2v) is 8.48. The van der Waals surface area contributed by atoms with Crippen molar-refractivity contribution >= 4 is 5.91 Å². The molecule has 1 aliphatic heterocycles. The molecular formula is C26H30FN3O2. The van der Waals surface area contributed by atoms with Gasteiger partial charge in [0.25, 0.3) is 0 Å². The molecule has 1 fully saturated rings. The van der Waals surface area contributed by atoms with E-state index in [1.165, 1.54) is 12.1 Å². The van der Waals surface area contributed by atoms with Gasteiger partial charge in [-0.3, -0.25) is 4.79 Å². The molecule has 2 unspecified atom stereocenters. The molecule has 0 N–H and O–H groups in total. The van der Waals surface area contributed by atoms with E-state index in [2.05, 4.69) is 18.0 Å². The quantitative estimate of drug-likeness (QED) is 0.509. The normalized spacial score (nSPS) is 17.4. The summed E-state index contributed by atoms with van der Waals surface area (Å²) in [6.45, 7) is 4.77. The van der Waals surface area contributed by atoms with Crippen molar-refractivity contribution in [1.29, 1.82) is 0 Å². The number of aryl methyl sites for hydroxylation is 1. The molecule has 3 aromatic rings. The SMILES string of the molecule is CCC(c1ccc(F)cc1)N1CCCC(Cc2ccc(-n3cnc(C)c3)c(OC)c2)C1=O. The first kappa shape index (κ1) is 22.1. The van der Waals surface area contributed by atoms with Crippen LogP contribution < -0.4 is 4.74 Å². The second-order valence-electron chi connectivity index (χ2n) is 8.48. The molecule has 2 heterocycles. The Morgan fingerprint density at radius 1 is 1.22 bits per heavy atom. The fraction of sp³-hybridized carbons (Fsp3) is 0.385. The van der Waals surface area contributed by atoms with Crippen molar-refractivity contribution in [1.82, 2.24) is 14.5 Å². The Kier molecular flexibility index (Phi) is 6.58. The van der Waals surface area contributed by atoms with Gasteiger partial charge in [-0.2, -0.15) is 0 Å². The van der Waals surface area contributed by atoms with Gasteiger partial charge in [0.15, 0.2) is 0 Å². The second kappa shape index (κ2) is 9.55. The average Bonchev–Trinajstić information content (AvgIpc) is 3.23. The number of nitrogens with zero attached hydrogens (tertiary/aromatic N) is 3. The highest BCUT2D eigenvalue weighted by molar-refractivity contribution is 5.80. The van der Waals surface area contributed by atoms with E-state index in [4.69, 9.17) is 4.74 Å². The molecule has 1 saturated heterocycles. The summed E-state index contributed by atoms with van der Waals surface area (Å²) in [7, 11) is 1.66. The third-order valence-electron chi connectivity index (χ3n) is 6.32. The number of methoxy groups -OCH3 is 1. The van der Waals surface area contributed by atoms with E-state index in [1.54, 1.807) is 25.6 Å². The fourth-order valence-corrected chi connectivity index (χ4v) is 4.70. The molecule has 5 nitrogen and oxygen atoms in total. The molecule has 0 bridgehead atoms. The number of ether oxygens (including phenoxy) is 1. The van der Waals surface area contributed by atoms with E-state index in [9.17, 15) is 9.18 Å². The summed E-state index contributed by atoms with van der Waals surface area (Å²) in [5.41, 5.74) is 3.94. The number of piperidine rings is 1. The predicted molar refractivity (Wildman–Crippen MR) is 122 cm³/mol. The molecule has 2 atom stereocenters. The average molecular weight is 436 g/mol.